The van der Waals surface area contributed by atoms with Gasteiger partial charge in [-0.2, -0.15) is 0 Å². The Bertz CT molecular complexity index is 216. The zero-order valence-corrected chi connectivity index (χ0v) is 15.3. The van der Waals surface area contributed by atoms with Gasteiger partial charge in [-0.1, -0.05) is 13.3 Å². The maximum atomic E-state index is 3.48. The molecule has 1 aromatic rings. The summed E-state index contributed by atoms with van der Waals surface area (Å²) in [5.41, 5.74) is 0. The van der Waals surface area contributed by atoms with E-state index in [9.17, 15) is 0 Å². The van der Waals surface area contributed by atoms with E-state index >= 15 is 0 Å². The van der Waals surface area contributed by atoms with E-state index in [2.05, 4.69) is 34.3 Å². The molecule has 13 heavy (non-hydrogen) atoms. The number of hydrogen-bond acceptors (Lipinski definition) is 2. The van der Waals surface area contributed by atoms with Crippen molar-refractivity contribution in [3.05, 3.63) is 15.2 Å². The molecule has 0 aromatic carbocycles. The van der Waals surface area contributed by atoms with Gasteiger partial charge in [0, 0.05) is 29.8 Å². The van der Waals surface area contributed by atoms with Gasteiger partial charge in [0.25, 0.3) is 0 Å². The van der Waals surface area contributed by atoms with Gasteiger partial charge >= 0.3 is 0 Å². The first-order valence-electron chi connectivity index (χ1n) is 3.62. The molecule has 5 heteroatoms. The van der Waals surface area contributed by atoms with Gasteiger partial charge in [-0.3, -0.25) is 0 Å². The van der Waals surface area contributed by atoms with Gasteiger partial charge < -0.3 is 17.0 Å². The van der Waals surface area contributed by atoms with E-state index in [0.29, 0.717) is 0 Å². The number of thioether (sulfide) groups is 1. The van der Waals surface area contributed by atoms with Crippen LogP contribution in [0.25, 0.3) is 0 Å². The van der Waals surface area contributed by atoms with Gasteiger partial charge in [-0.25, -0.2) is 0 Å². The van der Waals surface area contributed by atoms with Crippen molar-refractivity contribution in [2.75, 3.05) is 5.75 Å². The quantitative estimate of drug-likeness (QED) is 0.420. The Morgan fingerprint density at radius 1 is 1.62 bits per heavy atom. The Labute approximate surface area is 120 Å². The summed E-state index contributed by atoms with van der Waals surface area (Å²) in [7, 11) is 0. The van der Waals surface area contributed by atoms with Crippen LogP contribution < -0.4 is 17.0 Å². The van der Waals surface area contributed by atoms with Gasteiger partial charge in [0.1, 0.15) is 0 Å². The average Bonchev–Trinajstić information content (AvgIpc) is 2.37. The fraction of sp³-hybridized carbons (Fsp3) is 0.500. The van der Waals surface area contributed by atoms with Crippen LogP contribution >= 0.6 is 39.0 Å². The molecule has 0 atom stereocenters. The van der Waals surface area contributed by atoms with E-state index in [1.165, 1.54) is 27.3 Å². The second-order valence-corrected chi connectivity index (χ2v) is 5.51. The first-order valence-corrected chi connectivity index (χ1v) is 6.22. The van der Waals surface area contributed by atoms with Crippen molar-refractivity contribution in [1.82, 2.24) is 0 Å². The van der Waals surface area contributed by atoms with Crippen molar-refractivity contribution in [3.8, 4) is 0 Å². The second kappa shape index (κ2) is 10.2. The average molecular weight is 395 g/mol. The van der Waals surface area contributed by atoms with Crippen LogP contribution in [-0.2, 0) is 19.5 Å². The van der Waals surface area contributed by atoms with E-state index in [-0.39, 0.29) is 36.5 Å². The summed E-state index contributed by atoms with van der Waals surface area (Å²) in [4.78, 5) is 1.34. The molecule has 0 N–H and O–H groups in total. The van der Waals surface area contributed by atoms with E-state index in [1.54, 1.807) is 11.3 Å². The molecule has 0 amide bonds. The SMILES string of the molecule is CCCCSc1c[c]sc1Br.[Br-].[Zn]. The van der Waals surface area contributed by atoms with Crippen LogP contribution in [0.3, 0.4) is 0 Å². The summed E-state index contributed by atoms with van der Waals surface area (Å²) >= 11 is 7.03. The van der Waals surface area contributed by atoms with Crippen molar-refractivity contribution in [1.29, 1.82) is 0 Å². The normalized spacial score (nSPS) is 8.77. The first kappa shape index (κ1) is 17.0. The van der Waals surface area contributed by atoms with Gasteiger partial charge in [-0.05, 0) is 34.2 Å². The fourth-order valence-electron chi connectivity index (χ4n) is 0.667. The summed E-state index contributed by atoms with van der Waals surface area (Å²) < 4.78 is 1.22. The molecular formula is C8H10Br2S2Zn-. The summed E-state index contributed by atoms with van der Waals surface area (Å²) in [6.07, 6.45) is 2.57. The Kier molecular flexibility index (Phi) is 13.3. The van der Waals surface area contributed by atoms with Gasteiger partial charge in [0.2, 0.25) is 0 Å². The monoisotopic (exact) mass is 392 g/mol. The molecule has 0 fully saturated rings. The van der Waals surface area contributed by atoms with Crippen molar-refractivity contribution in [3.63, 3.8) is 0 Å². The summed E-state index contributed by atoms with van der Waals surface area (Å²) in [5, 5.41) is 3.10. The third-order valence-electron chi connectivity index (χ3n) is 1.29. The summed E-state index contributed by atoms with van der Waals surface area (Å²) in [5.74, 6) is 1.22. The van der Waals surface area contributed by atoms with Crippen molar-refractivity contribution >= 4 is 39.0 Å². The largest absolute Gasteiger partial charge is 1.00 e. The van der Waals surface area contributed by atoms with Gasteiger partial charge in [-0.15, -0.1) is 23.1 Å². The van der Waals surface area contributed by atoms with Crippen LogP contribution in [0.2, 0.25) is 0 Å². The number of thiophene rings is 1. The van der Waals surface area contributed by atoms with Crippen LogP contribution in [0.5, 0.6) is 0 Å². The van der Waals surface area contributed by atoms with E-state index in [0.717, 1.165) is 0 Å². The molecule has 1 aromatic heterocycles. The minimum atomic E-state index is 0. The molecule has 0 bridgehead atoms. The zero-order valence-electron chi connectivity index (χ0n) is 7.48. The molecule has 0 aliphatic heterocycles. The predicted octanol–water partition coefficient (Wildman–Crippen LogP) is 1.20. The standard InChI is InChI=1S/C8H10BrS2.BrH.Zn/c1-2-3-5-10-7-4-6-11-8(7)9;;/h4H,2-3,5H2,1H3;1H;/p-1. The van der Waals surface area contributed by atoms with Gasteiger partial charge in [0.05, 0.1) is 3.79 Å². The van der Waals surface area contributed by atoms with Crippen LogP contribution in [0.15, 0.2) is 14.7 Å². The number of halogens is 2. The van der Waals surface area contributed by atoms with Crippen LogP contribution in [0, 0.1) is 5.38 Å². The first-order chi connectivity index (χ1) is 5.34. The smallest absolute Gasteiger partial charge is 0.0840 e. The van der Waals surface area contributed by atoms with Crippen LogP contribution in [-0.4, -0.2) is 5.75 Å². The third kappa shape index (κ3) is 6.67. The summed E-state index contributed by atoms with van der Waals surface area (Å²) in [6.45, 7) is 2.22. The second-order valence-electron chi connectivity index (χ2n) is 2.20. The Balaban J connectivity index is 0. The number of hydrogen-bond donors (Lipinski definition) is 0. The topological polar surface area (TPSA) is 0 Å². The van der Waals surface area contributed by atoms with Crippen LogP contribution in [0.4, 0.5) is 0 Å². The molecule has 1 radical (unpaired) electrons. The summed E-state index contributed by atoms with van der Waals surface area (Å²) in [6, 6.07) is 2.05. The Morgan fingerprint density at radius 3 is 2.77 bits per heavy atom. The molecule has 0 spiro atoms. The van der Waals surface area contributed by atoms with E-state index in [4.69, 9.17) is 0 Å². The van der Waals surface area contributed by atoms with Crippen molar-refractivity contribution < 1.29 is 36.5 Å². The maximum Gasteiger partial charge on any atom is 0.0840 e. The molecule has 0 aliphatic carbocycles. The molecule has 1 heterocycles. The maximum absolute atomic E-state index is 3.48. The molecule has 71 valence electrons. The Morgan fingerprint density at radius 2 is 2.31 bits per heavy atom. The number of rotatable bonds is 4. The number of unbranched alkanes of at least 4 members (excludes halogenated alkanes) is 1. The Hall–Kier alpha value is 1.63. The minimum absolute atomic E-state index is 0. The zero-order chi connectivity index (χ0) is 8.10. The molecule has 0 saturated heterocycles. The molecule has 0 nitrogen and oxygen atoms in total. The molecule has 0 saturated carbocycles. The van der Waals surface area contributed by atoms with E-state index < -0.39 is 0 Å². The molecule has 0 aliphatic rings. The molecular weight excluding hydrogens is 385 g/mol. The fourth-order valence-corrected chi connectivity index (χ4v) is 3.13. The predicted molar refractivity (Wildman–Crippen MR) is 56.5 cm³/mol. The van der Waals surface area contributed by atoms with Crippen molar-refractivity contribution in [2.24, 2.45) is 0 Å². The van der Waals surface area contributed by atoms with E-state index in [1.807, 2.05) is 11.8 Å². The van der Waals surface area contributed by atoms with Gasteiger partial charge in [0.15, 0.2) is 0 Å². The minimum Gasteiger partial charge on any atom is -1.00 e. The van der Waals surface area contributed by atoms with Crippen molar-refractivity contribution in [2.45, 2.75) is 24.7 Å². The molecule has 0 unspecified atom stereocenters. The van der Waals surface area contributed by atoms with Crippen LogP contribution in [0.1, 0.15) is 19.8 Å². The molecule has 1 rings (SSSR count). The third-order valence-corrected chi connectivity index (χ3v) is 4.35.